The van der Waals surface area contributed by atoms with Crippen LogP contribution in [0.15, 0.2) is 88.8 Å². The summed E-state index contributed by atoms with van der Waals surface area (Å²) in [7, 11) is -3.82. The molecule has 0 aliphatic carbocycles. The Morgan fingerprint density at radius 3 is 2.10 bits per heavy atom. The molecule has 0 spiro atoms. The quantitative estimate of drug-likeness (QED) is 0.355. The van der Waals surface area contributed by atoms with Gasteiger partial charge in [0.05, 0.1) is 27.5 Å². The minimum absolute atomic E-state index is 0.0667. The molecule has 0 bridgehead atoms. The van der Waals surface area contributed by atoms with Crippen molar-refractivity contribution in [3.05, 3.63) is 94.1 Å². The first-order chi connectivity index (χ1) is 13.9. The average Bonchev–Trinajstić information content (AvgIpc) is 3.15. The molecular weight excluding hydrogens is 451 g/mol. The van der Waals surface area contributed by atoms with Gasteiger partial charge in [0.1, 0.15) is 4.90 Å². The summed E-state index contributed by atoms with van der Waals surface area (Å²) in [6.45, 7) is 0. The second kappa shape index (κ2) is 7.84. The summed E-state index contributed by atoms with van der Waals surface area (Å²) >= 11 is 18.4. The number of rotatable bonds is 4. The Kier molecular flexibility index (Phi) is 5.40. The van der Waals surface area contributed by atoms with E-state index in [-0.39, 0.29) is 9.79 Å². The van der Waals surface area contributed by atoms with Crippen LogP contribution in [0, 0.1) is 0 Å². The smallest absolute Gasteiger partial charge is 0.210 e. The summed E-state index contributed by atoms with van der Waals surface area (Å²) in [4.78, 5) is 0.244. The third-order valence-electron chi connectivity index (χ3n) is 4.33. The highest BCUT2D eigenvalue weighted by Crippen LogP contribution is 2.35. The third kappa shape index (κ3) is 3.79. The number of sulfone groups is 1. The number of aromatic nitrogens is 2. The zero-order chi connectivity index (χ0) is 20.6. The zero-order valence-electron chi connectivity index (χ0n) is 14.8. The molecule has 29 heavy (non-hydrogen) atoms. The van der Waals surface area contributed by atoms with Crippen molar-refractivity contribution in [2.45, 2.75) is 9.79 Å². The number of halogens is 3. The minimum atomic E-state index is -3.82. The third-order valence-corrected chi connectivity index (χ3v) is 6.89. The summed E-state index contributed by atoms with van der Waals surface area (Å²) < 4.78 is 28.2. The van der Waals surface area contributed by atoms with Crippen LogP contribution in [-0.4, -0.2) is 18.2 Å². The van der Waals surface area contributed by atoms with Crippen molar-refractivity contribution in [3.8, 4) is 16.9 Å². The van der Waals surface area contributed by atoms with Crippen molar-refractivity contribution >= 4 is 44.6 Å². The predicted octanol–water partition coefficient (Wildman–Crippen LogP) is 6.33. The molecular formula is C21H13Cl3N2O2S. The molecule has 0 saturated carbocycles. The molecule has 0 amide bonds. The van der Waals surface area contributed by atoms with Crippen LogP contribution in [-0.2, 0) is 9.84 Å². The Morgan fingerprint density at radius 1 is 0.793 bits per heavy atom. The van der Waals surface area contributed by atoms with Gasteiger partial charge in [-0.05, 0) is 42.5 Å². The lowest BCUT2D eigenvalue weighted by Crippen LogP contribution is -2.05. The maximum absolute atomic E-state index is 13.3. The second-order valence-electron chi connectivity index (χ2n) is 6.19. The lowest BCUT2D eigenvalue weighted by atomic mass is 10.1. The van der Waals surface area contributed by atoms with E-state index in [0.717, 1.165) is 0 Å². The fourth-order valence-electron chi connectivity index (χ4n) is 2.96. The van der Waals surface area contributed by atoms with Gasteiger partial charge in [-0.3, -0.25) is 0 Å². The van der Waals surface area contributed by atoms with Crippen LogP contribution in [0.5, 0.6) is 0 Å². The lowest BCUT2D eigenvalue weighted by molar-refractivity contribution is 0.596. The van der Waals surface area contributed by atoms with Crippen LogP contribution in [0.3, 0.4) is 0 Å². The number of hydrogen-bond acceptors (Lipinski definition) is 3. The molecule has 0 radical (unpaired) electrons. The molecule has 4 rings (SSSR count). The maximum atomic E-state index is 13.3. The molecule has 0 N–H and O–H groups in total. The van der Waals surface area contributed by atoms with Gasteiger partial charge >= 0.3 is 0 Å². The fourth-order valence-corrected chi connectivity index (χ4v) is 4.99. The number of benzene rings is 3. The van der Waals surface area contributed by atoms with Crippen LogP contribution in [0.4, 0.5) is 0 Å². The van der Waals surface area contributed by atoms with Crippen molar-refractivity contribution < 1.29 is 8.42 Å². The summed E-state index contributed by atoms with van der Waals surface area (Å²) in [5.74, 6) is 0. The molecule has 0 aliphatic heterocycles. The van der Waals surface area contributed by atoms with Crippen LogP contribution < -0.4 is 0 Å². The normalized spacial score (nSPS) is 11.6. The molecule has 4 nitrogen and oxygen atoms in total. The van der Waals surface area contributed by atoms with Gasteiger partial charge in [-0.15, -0.1) is 0 Å². The monoisotopic (exact) mass is 462 g/mol. The molecule has 0 saturated heterocycles. The van der Waals surface area contributed by atoms with Crippen LogP contribution >= 0.6 is 34.8 Å². The first-order valence-corrected chi connectivity index (χ1v) is 11.1. The van der Waals surface area contributed by atoms with E-state index in [1.165, 1.54) is 10.9 Å². The van der Waals surface area contributed by atoms with Gasteiger partial charge in [0, 0.05) is 15.6 Å². The van der Waals surface area contributed by atoms with Gasteiger partial charge in [0.15, 0.2) is 0 Å². The molecule has 1 aromatic heterocycles. The maximum Gasteiger partial charge on any atom is 0.210 e. The SMILES string of the molecule is O=S(=O)(c1ccccc1)c1cnn(-c2ccc(Cl)cc2Cl)c1-c1ccc(Cl)cc1. The van der Waals surface area contributed by atoms with Gasteiger partial charge in [0.2, 0.25) is 9.84 Å². The largest absolute Gasteiger partial charge is 0.230 e. The van der Waals surface area contributed by atoms with Gasteiger partial charge in [-0.2, -0.15) is 5.10 Å². The highest BCUT2D eigenvalue weighted by Gasteiger charge is 2.27. The van der Waals surface area contributed by atoms with Crippen molar-refractivity contribution in [1.29, 1.82) is 0 Å². The Hall–Kier alpha value is -2.31. The van der Waals surface area contributed by atoms with Gasteiger partial charge in [0.25, 0.3) is 0 Å². The van der Waals surface area contributed by atoms with E-state index in [1.807, 2.05) is 0 Å². The van der Waals surface area contributed by atoms with E-state index in [2.05, 4.69) is 5.10 Å². The van der Waals surface area contributed by atoms with E-state index >= 15 is 0 Å². The van der Waals surface area contributed by atoms with Crippen LogP contribution in [0.25, 0.3) is 16.9 Å². The highest BCUT2D eigenvalue weighted by atomic mass is 35.5. The van der Waals surface area contributed by atoms with Crippen molar-refractivity contribution in [3.63, 3.8) is 0 Å². The molecule has 0 fully saturated rings. The standard InChI is InChI=1S/C21H13Cl3N2O2S/c22-15-8-6-14(7-9-15)21-20(29(27,28)17-4-2-1-3-5-17)13-25-26(21)19-11-10-16(23)12-18(19)24/h1-13H. The average molecular weight is 464 g/mol. The fraction of sp³-hybridized carbons (Fsp3) is 0. The summed E-state index contributed by atoms with van der Waals surface area (Å²) in [6, 6.07) is 20.0. The molecule has 1 heterocycles. The second-order valence-corrected chi connectivity index (χ2v) is 9.39. The lowest BCUT2D eigenvalue weighted by Gasteiger charge is -2.12. The Labute approximate surface area is 183 Å². The molecule has 3 aromatic carbocycles. The molecule has 8 heteroatoms. The van der Waals surface area contributed by atoms with Gasteiger partial charge < -0.3 is 0 Å². The van der Waals surface area contributed by atoms with Crippen molar-refractivity contribution in [2.24, 2.45) is 0 Å². The Balaban J connectivity index is 2.01. The van der Waals surface area contributed by atoms with Crippen LogP contribution in [0.1, 0.15) is 0 Å². The summed E-state index contributed by atoms with van der Waals surface area (Å²) in [5, 5.41) is 5.70. The van der Waals surface area contributed by atoms with Crippen molar-refractivity contribution in [2.75, 3.05) is 0 Å². The molecule has 0 unspecified atom stereocenters. The first-order valence-electron chi connectivity index (χ1n) is 8.47. The predicted molar refractivity (Wildman–Crippen MR) is 116 cm³/mol. The molecule has 0 atom stereocenters. The number of nitrogens with zero attached hydrogens (tertiary/aromatic N) is 2. The first kappa shape index (κ1) is 20.0. The number of hydrogen-bond donors (Lipinski definition) is 0. The Morgan fingerprint density at radius 2 is 1.45 bits per heavy atom. The molecule has 0 aliphatic rings. The van der Waals surface area contributed by atoms with E-state index in [1.54, 1.807) is 72.8 Å². The highest BCUT2D eigenvalue weighted by molar-refractivity contribution is 7.91. The zero-order valence-corrected chi connectivity index (χ0v) is 17.8. The Bertz CT molecular complexity index is 1290. The summed E-state index contributed by atoms with van der Waals surface area (Å²) in [5.41, 5.74) is 1.53. The molecule has 146 valence electrons. The molecule has 4 aromatic rings. The van der Waals surface area contributed by atoms with Gasteiger partial charge in [-0.25, -0.2) is 13.1 Å². The van der Waals surface area contributed by atoms with E-state index < -0.39 is 9.84 Å². The topological polar surface area (TPSA) is 52.0 Å². The minimum Gasteiger partial charge on any atom is -0.230 e. The van der Waals surface area contributed by atoms with Crippen LogP contribution in [0.2, 0.25) is 15.1 Å². The van der Waals surface area contributed by atoms with E-state index in [9.17, 15) is 8.42 Å². The van der Waals surface area contributed by atoms with Crippen molar-refractivity contribution in [1.82, 2.24) is 9.78 Å². The van der Waals surface area contributed by atoms with Gasteiger partial charge in [-0.1, -0.05) is 65.1 Å². The van der Waals surface area contributed by atoms with E-state index in [0.29, 0.717) is 32.0 Å². The van der Waals surface area contributed by atoms with E-state index in [4.69, 9.17) is 34.8 Å². The summed E-state index contributed by atoms with van der Waals surface area (Å²) in [6.07, 6.45) is 1.33.